The fraction of sp³-hybridized carbons (Fsp3) is 0.381. The van der Waals surface area contributed by atoms with Gasteiger partial charge in [0.05, 0.1) is 12.6 Å². The Kier molecular flexibility index (Phi) is 3.72. The molecule has 6 heteroatoms. The second kappa shape index (κ2) is 6.02. The lowest BCUT2D eigenvalue weighted by Crippen LogP contribution is -2.42. The molecule has 1 N–H and O–H groups in total. The first-order chi connectivity index (χ1) is 13.0. The van der Waals surface area contributed by atoms with Gasteiger partial charge in [0.2, 0.25) is 5.91 Å². The summed E-state index contributed by atoms with van der Waals surface area (Å²) in [4.78, 5) is 14.1. The van der Waals surface area contributed by atoms with Crippen LogP contribution < -0.4 is 0 Å². The fourth-order valence-corrected chi connectivity index (χ4v) is 4.48. The van der Waals surface area contributed by atoms with Crippen molar-refractivity contribution in [3.05, 3.63) is 48.0 Å². The molecule has 1 saturated carbocycles. The molecule has 3 unspecified atom stereocenters. The summed E-state index contributed by atoms with van der Waals surface area (Å²) < 4.78 is 29.3. The van der Waals surface area contributed by atoms with Gasteiger partial charge in [0.15, 0.2) is 0 Å². The smallest absolute Gasteiger partial charge is 0.226 e. The number of aromatic nitrogens is 1. The summed E-state index contributed by atoms with van der Waals surface area (Å²) in [6.07, 6.45) is 1.24. The van der Waals surface area contributed by atoms with Crippen LogP contribution in [0.1, 0.15) is 12.8 Å². The second-order valence-electron chi connectivity index (χ2n) is 7.76. The minimum atomic E-state index is -0.752. The van der Waals surface area contributed by atoms with E-state index < -0.39 is 6.10 Å². The Labute approximate surface area is 155 Å². The van der Waals surface area contributed by atoms with Gasteiger partial charge in [-0.25, -0.2) is 8.78 Å². The molecule has 2 aliphatic rings. The number of carbonyl (C=O) groups excluding carboxylic acids is 1. The van der Waals surface area contributed by atoms with Crippen molar-refractivity contribution in [2.24, 2.45) is 11.8 Å². The molecule has 2 aromatic carbocycles. The van der Waals surface area contributed by atoms with Crippen LogP contribution in [-0.2, 0) is 11.3 Å². The van der Waals surface area contributed by atoms with E-state index in [0.717, 1.165) is 23.9 Å². The van der Waals surface area contributed by atoms with E-state index in [0.29, 0.717) is 23.2 Å². The number of hydrogen-bond donors (Lipinski definition) is 1. The fourth-order valence-electron chi connectivity index (χ4n) is 4.48. The van der Waals surface area contributed by atoms with Gasteiger partial charge in [-0.2, -0.15) is 0 Å². The van der Waals surface area contributed by atoms with Crippen molar-refractivity contribution in [3.63, 3.8) is 0 Å². The molecule has 1 aliphatic carbocycles. The van der Waals surface area contributed by atoms with E-state index in [9.17, 15) is 18.7 Å². The molecule has 1 amide bonds. The molecule has 1 aliphatic heterocycles. The molecule has 27 heavy (non-hydrogen) atoms. The van der Waals surface area contributed by atoms with E-state index in [2.05, 4.69) is 0 Å². The van der Waals surface area contributed by atoms with Crippen LogP contribution in [0.4, 0.5) is 8.78 Å². The van der Waals surface area contributed by atoms with Crippen LogP contribution in [0.2, 0.25) is 0 Å². The van der Waals surface area contributed by atoms with Gasteiger partial charge in [0, 0.05) is 40.8 Å². The molecule has 0 radical (unpaired) electrons. The number of aliphatic hydroxyl groups is 1. The Morgan fingerprint density at radius 2 is 1.67 bits per heavy atom. The van der Waals surface area contributed by atoms with Gasteiger partial charge < -0.3 is 14.6 Å². The molecule has 3 atom stereocenters. The predicted octanol–water partition coefficient (Wildman–Crippen LogP) is 3.30. The van der Waals surface area contributed by atoms with Crippen LogP contribution in [-0.4, -0.2) is 39.7 Å². The molecule has 140 valence electrons. The maximum absolute atomic E-state index is 13.7. The monoisotopic (exact) mass is 370 g/mol. The standard InChI is InChI=1S/C21H20F2N2O2/c22-13-1-3-19-17(8-13)18-9-14(23)2-4-20(18)25(19)11-15(26)10-24-6-5-12-7-16(12)21(24)27/h1-4,8-9,12,15-16,26H,5-7,10-11H2. The van der Waals surface area contributed by atoms with Crippen molar-refractivity contribution >= 4 is 27.7 Å². The van der Waals surface area contributed by atoms with E-state index in [1.807, 2.05) is 4.57 Å². The number of piperidine rings is 1. The normalized spacial score (nSPS) is 23.1. The number of hydrogen-bond acceptors (Lipinski definition) is 2. The molecule has 5 rings (SSSR count). The van der Waals surface area contributed by atoms with E-state index in [-0.39, 0.29) is 36.5 Å². The van der Waals surface area contributed by atoms with Crippen molar-refractivity contribution in [3.8, 4) is 0 Å². The van der Waals surface area contributed by atoms with Gasteiger partial charge in [0.25, 0.3) is 0 Å². The number of amides is 1. The SMILES string of the molecule is O=C1C2CC2CCN1CC(O)Cn1c2ccc(F)cc2c2cc(F)ccc21. The van der Waals surface area contributed by atoms with E-state index in [1.54, 1.807) is 17.0 Å². The third kappa shape index (κ3) is 2.79. The summed E-state index contributed by atoms with van der Waals surface area (Å²) in [6.45, 7) is 1.24. The highest BCUT2D eigenvalue weighted by molar-refractivity contribution is 6.08. The van der Waals surface area contributed by atoms with Gasteiger partial charge in [-0.05, 0) is 55.2 Å². The number of benzene rings is 2. The van der Waals surface area contributed by atoms with Gasteiger partial charge in [-0.15, -0.1) is 0 Å². The Morgan fingerprint density at radius 3 is 2.30 bits per heavy atom. The zero-order valence-electron chi connectivity index (χ0n) is 14.7. The first kappa shape index (κ1) is 16.7. The molecule has 4 nitrogen and oxygen atoms in total. The molecule has 0 spiro atoms. The lowest BCUT2D eigenvalue weighted by atomic mass is 10.1. The van der Waals surface area contributed by atoms with Crippen LogP contribution in [0.5, 0.6) is 0 Å². The predicted molar refractivity (Wildman–Crippen MR) is 98.2 cm³/mol. The zero-order chi connectivity index (χ0) is 18.7. The lowest BCUT2D eigenvalue weighted by molar-refractivity contribution is -0.136. The maximum atomic E-state index is 13.7. The van der Waals surface area contributed by atoms with Gasteiger partial charge in [-0.1, -0.05) is 0 Å². The van der Waals surface area contributed by atoms with Crippen LogP contribution in [0.3, 0.4) is 0 Å². The summed E-state index contributed by atoms with van der Waals surface area (Å²) in [5.74, 6) is 0.0864. The highest BCUT2D eigenvalue weighted by Gasteiger charge is 2.48. The Morgan fingerprint density at radius 1 is 1.04 bits per heavy atom. The third-order valence-corrected chi connectivity index (χ3v) is 5.93. The number of rotatable bonds is 4. The first-order valence-corrected chi connectivity index (χ1v) is 9.35. The molecular weight excluding hydrogens is 350 g/mol. The van der Waals surface area contributed by atoms with Crippen LogP contribution in [0, 0.1) is 23.5 Å². The van der Waals surface area contributed by atoms with E-state index in [1.165, 1.54) is 24.3 Å². The molecule has 0 bridgehead atoms. The minimum absolute atomic E-state index is 0.150. The van der Waals surface area contributed by atoms with Gasteiger partial charge in [0.1, 0.15) is 11.6 Å². The number of likely N-dealkylation sites (tertiary alicyclic amines) is 1. The molecule has 1 saturated heterocycles. The highest BCUT2D eigenvalue weighted by Crippen LogP contribution is 2.45. The molecular formula is C21H20F2N2O2. The summed E-state index contributed by atoms with van der Waals surface area (Å²) in [5.41, 5.74) is 1.48. The Bertz CT molecular complexity index is 1000. The van der Waals surface area contributed by atoms with E-state index >= 15 is 0 Å². The Balaban J connectivity index is 1.47. The number of halogens is 2. The summed E-state index contributed by atoms with van der Waals surface area (Å²) in [5, 5.41) is 11.9. The summed E-state index contributed by atoms with van der Waals surface area (Å²) in [6, 6.07) is 8.80. The summed E-state index contributed by atoms with van der Waals surface area (Å²) in [7, 11) is 0. The Hall–Kier alpha value is -2.47. The largest absolute Gasteiger partial charge is 0.389 e. The number of carbonyl (C=O) groups is 1. The maximum Gasteiger partial charge on any atom is 0.226 e. The van der Waals surface area contributed by atoms with Gasteiger partial charge >= 0.3 is 0 Å². The van der Waals surface area contributed by atoms with E-state index in [4.69, 9.17) is 0 Å². The number of nitrogens with zero attached hydrogens (tertiary/aromatic N) is 2. The van der Waals surface area contributed by atoms with Gasteiger partial charge in [-0.3, -0.25) is 4.79 Å². The van der Waals surface area contributed by atoms with Crippen LogP contribution >= 0.6 is 0 Å². The molecule has 3 aromatic rings. The van der Waals surface area contributed by atoms with Crippen LogP contribution in [0.25, 0.3) is 21.8 Å². The third-order valence-electron chi connectivity index (χ3n) is 5.93. The average molecular weight is 370 g/mol. The minimum Gasteiger partial charge on any atom is -0.389 e. The van der Waals surface area contributed by atoms with Crippen molar-refractivity contribution in [1.82, 2.24) is 9.47 Å². The molecule has 2 fully saturated rings. The van der Waals surface area contributed by atoms with Crippen molar-refractivity contribution < 1.29 is 18.7 Å². The lowest BCUT2D eigenvalue weighted by Gasteiger charge is -2.28. The topological polar surface area (TPSA) is 45.5 Å². The average Bonchev–Trinajstić information content (AvgIpc) is 3.38. The second-order valence-corrected chi connectivity index (χ2v) is 7.76. The highest BCUT2D eigenvalue weighted by atomic mass is 19.1. The molecule has 2 heterocycles. The zero-order valence-corrected chi connectivity index (χ0v) is 14.7. The first-order valence-electron chi connectivity index (χ1n) is 9.35. The number of aliphatic hydroxyl groups excluding tert-OH is 1. The summed E-state index contributed by atoms with van der Waals surface area (Å²) >= 11 is 0. The molecule has 1 aromatic heterocycles. The van der Waals surface area contributed by atoms with Crippen molar-refractivity contribution in [1.29, 1.82) is 0 Å². The number of β-amino-alcohol motifs (C(OH)–C–C–N with tert-alkyl or cyclic N) is 1. The van der Waals surface area contributed by atoms with Crippen molar-refractivity contribution in [2.75, 3.05) is 13.1 Å². The van der Waals surface area contributed by atoms with Crippen molar-refractivity contribution in [2.45, 2.75) is 25.5 Å². The number of fused-ring (bicyclic) bond motifs is 4. The van der Waals surface area contributed by atoms with Crippen LogP contribution in [0.15, 0.2) is 36.4 Å². The quantitative estimate of drug-likeness (QED) is 0.766.